The van der Waals surface area contributed by atoms with E-state index in [4.69, 9.17) is 20.6 Å². The Morgan fingerprint density at radius 3 is 1.86 bits per heavy atom. The van der Waals surface area contributed by atoms with Crippen molar-refractivity contribution < 1.29 is 38.5 Å². The third kappa shape index (κ3) is 8.53. The van der Waals surface area contributed by atoms with Gasteiger partial charge in [-0.2, -0.15) is 33.7 Å². The Hall–Kier alpha value is -1.95. The molecule has 0 radical (unpaired) electrons. The number of rotatable bonds is 12. The summed E-state index contributed by atoms with van der Waals surface area (Å²) >= 11 is 0. The van der Waals surface area contributed by atoms with Gasteiger partial charge < -0.3 is 9.80 Å². The van der Waals surface area contributed by atoms with E-state index in [2.05, 4.69) is 0 Å². The highest BCUT2D eigenvalue weighted by Crippen LogP contribution is 2.28. The van der Waals surface area contributed by atoms with E-state index in [9.17, 15) is 38.5 Å². The summed E-state index contributed by atoms with van der Waals surface area (Å²) in [6.45, 7) is 0.777. The fourth-order valence-electron chi connectivity index (χ4n) is 3.88. The highest BCUT2D eigenvalue weighted by atomic mass is 32.3. The summed E-state index contributed by atoms with van der Waals surface area (Å²) in [5.74, 6) is -0.707. The second-order valence-corrected chi connectivity index (χ2v) is 14.4. The minimum absolute atomic E-state index is 0.158. The summed E-state index contributed by atoms with van der Waals surface area (Å²) in [6, 6.07) is 4.38. The minimum atomic E-state index is -4.84. The van der Waals surface area contributed by atoms with Gasteiger partial charge in [0.2, 0.25) is 5.91 Å². The van der Waals surface area contributed by atoms with Gasteiger partial charge in [0, 0.05) is 26.6 Å². The van der Waals surface area contributed by atoms with Crippen LogP contribution in [0.2, 0.25) is 0 Å². The molecule has 212 valence electrons. The average molecular weight is 607 g/mol. The fourth-order valence-corrected chi connectivity index (χ4v) is 7.71. The van der Waals surface area contributed by atoms with E-state index in [1.807, 2.05) is 4.90 Å². The van der Waals surface area contributed by atoms with Crippen molar-refractivity contribution in [3.8, 4) is 0 Å². The molecule has 0 bridgehead atoms. The first-order valence-corrected chi connectivity index (χ1v) is 16.5. The van der Waals surface area contributed by atoms with Gasteiger partial charge in [0.25, 0.3) is 20.4 Å². The van der Waals surface area contributed by atoms with E-state index in [-0.39, 0.29) is 14.0 Å². The van der Waals surface area contributed by atoms with E-state index in [0.717, 1.165) is 18.9 Å². The lowest BCUT2D eigenvalue weighted by molar-refractivity contribution is -0.132. The summed E-state index contributed by atoms with van der Waals surface area (Å²) in [7, 11) is -17.9. The van der Waals surface area contributed by atoms with Crippen molar-refractivity contribution >= 4 is 52.4 Å². The highest BCUT2D eigenvalue weighted by Gasteiger charge is 2.33. The number of nitrogens with zero attached hydrogens (tertiary/aromatic N) is 4. The van der Waals surface area contributed by atoms with Crippen molar-refractivity contribution in [1.82, 2.24) is 13.5 Å². The molecule has 1 aliphatic heterocycles. The third-order valence-electron chi connectivity index (χ3n) is 5.49. The molecule has 2 rings (SSSR count). The van der Waals surface area contributed by atoms with E-state index >= 15 is 0 Å². The number of hydrogen-bond acceptors (Lipinski definition) is 10. The second-order valence-electron chi connectivity index (χ2n) is 8.25. The Labute approximate surface area is 216 Å². The number of carbonyl (C=O) groups is 1. The van der Waals surface area contributed by atoms with Crippen LogP contribution >= 0.6 is 0 Å². The van der Waals surface area contributed by atoms with Crippen molar-refractivity contribution in [2.24, 2.45) is 20.6 Å². The highest BCUT2D eigenvalue weighted by molar-refractivity contribution is 8.08. The van der Waals surface area contributed by atoms with Crippen LogP contribution in [0.15, 0.2) is 24.3 Å². The lowest BCUT2D eigenvalue weighted by atomic mass is 10.0. The Bertz CT molecular complexity index is 1360. The zero-order chi connectivity index (χ0) is 28.4. The number of hydrogen-bond donors (Lipinski definition) is 4. The molecule has 1 fully saturated rings. The standard InChI is InChI=1S/C16H30N8O9S4/c1-21(16(25)7-10-23(34(17,26)27)35(18,28)29)15(12-22-8-2-3-9-22)13-5-4-6-14(11-13)24(36(19,30)31)37(20,32)33/h4-6,11,15H,2-3,7-10,12H2,1H3,(H2,17,26,27)(H2,18,28,29)(H2,19,30,31)(H2,20,32,33)/t15-/m1/s1. The topological polar surface area (TPSA) is 271 Å². The third-order valence-corrected chi connectivity index (χ3v) is 10.8. The van der Waals surface area contributed by atoms with Gasteiger partial charge in [-0.15, -0.1) is 3.71 Å². The number of likely N-dealkylation sites (N-methyl/N-ethyl adjacent to an activating group) is 1. The smallest absolute Gasteiger partial charge is 0.313 e. The molecule has 1 saturated heterocycles. The van der Waals surface area contributed by atoms with Gasteiger partial charge in [0.1, 0.15) is 0 Å². The minimum Gasteiger partial charge on any atom is -0.337 e. The summed E-state index contributed by atoms with van der Waals surface area (Å²) in [5.41, 5.74) is -0.100. The number of carbonyl (C=O) groups excluding carboxylic acids is 1. The van der Waals surface area contributed by atoms with Crippen LogP contribution in [0.3, 0.4) is 0 Å². The Balaban J connectivity index is 2.44. The predicted octanol–water partition coefficient (Wildman–Crippen LogP) is -3.41. The number of benzene rings is 1. The first kappa shape index (κ1) is 31.3. The molecule has 0 saturated carbocycles. The van der Waals surface area contributed by atoms with Crippen LogP contribution < -0.4 is 24.3 Å². The molecule has 37 heavy (non-hydrogen) atoms. The zero-order valence-electron chi connectivity index (χ0n) is 19.7. The van der Waals surface area contributed by atoms with Crippen LogP contribution in [-0.2, 0) is 45.6 Å². The molecule has 1 aromatic carbocycles. The lowest BCUT2D eigenvalue weighted by Gasteiger charge is -2.33. The molecule has 8 N–H and O–H groups in total. The Morgan fingerprint density at radius 2 is 1.41 bits per heavy atom. The van der Waals surface area contributed by atoms with E-state index in [0.29, 0.717) is 18.7 Å². The summed E-state index contributed by atoms with van der Waals surface area (Å²) in [4.78, 5) is 16.2. The van der Waals surface area contributed by atoms with Crippen LogP contribution in [-0.4, -0.2) is 86.3 Å². The molecule has 17 nitrogen and oxygen atoms in total. The van der Waals surface area contributed by atoms with Gasteiger partial charge in [0.05, 0.1) is 11.7 Å². The van der Waals surface area contributed by atoms with Crippen molar-refractivity contribution in [2.45, 2.75) is 25.3 Å². The molecule has 0 aromatic heterocycles. The molecule has 0 spiro atoms. The van der Waals surface area contributed by atoms with Crippen molar-refractivity contribution in [1.29, 1.82) is 0 Å². The molecular formula is C16H30N8O9S4. The number of anilines is 1. The maximum atomic E-state index is 13.0. The Morgan fingerprint density at radius 1 is 0.892 bits per heavy atom. The fraction of sp³-hybridized carbons (Fsp3) is 0.562. The monoisotopic (exact) mass is 606 g/mol. The van der Waals surface area contributed by atoms with Crippen LogP contribution in [0.1, 0.15) is 30.9 Å². The largest absolute Gasteiger partial charge is 0.337 e. The summed E-state index contributed by atoms with van der Waals surface area (Å²) < 4.78 is 93.8. The van der Waals surface area contributed by atoms with Crippen molar-refractivity contribution in [3.05, 3.63) is 29.8 Å². The van der Waals surface area contributed by atoms with Gasteiger partial charge in [-0.25, -0.2) is 20.6 Å². The summed E-state index contributed by atoms with van der Waals surface area (Å²) in [6.07, 6.45) is 1.17. The van der Waals surface area contributed by atoms with Gasteiger partial charge in [-0.05, 0) is 43.6 Å². The first-order valence-electron chi connectivity index (χ1n) is 10.5. The van der Waals surface area contributed by atoms with Crippen LogP contribution in [0, 0.1) is 0 Å². The van der Waals surface area contributed by atoms with Crippen molar-refractivity contribution in [3.63, 3.8) is 0 Å². The quantitative estimate of drug-likeness (QED) is 0.183. The first-order chi connectivity index (χ1) is 16.7. The molecule has 0 aliphatic carbocycles. The Kier molecular flexibility index (Phi) is 9.66. The molecule has 0 unspecified atom stereocenters. The zero-order valence-corrected chi connectivity index (χ0v) is 23.0. The lowest BCUT2D eigenvalue weighted by Crippen LogP contribution is -2.47. The van der Waals surface area contributed by atoms with E-state index < -0.39 is 71.4 Å². The maximum absolute atomic E-state index is 13.0. The van der Waals surface area contributed by atoms with Gasteiger partial charge in [-0.1, -0.05) is 15.8 Å². The second kappa shape index (κ2) is 11.4. The normalized spacial score (nSPS) is 16.6. The molecule has 1 aromatic rings. The van der Waals surface area contributed by atoms with Crippen LogP contribution in [0.5, 0.6) is 0 Å². The number of amides is 1. The molecular weight excluding hydrogens is 576 g/mol. The maximum Gasteiger partial charge on any atom is 0.313 e. The number of likely N-dealkylation sites (tertiary alicyclic amines) is 1. The molecule has 1 heterocycles. The van der Waals surface area contributed by atoms with Crippen molar-refractivity contribution in [2.75, 3.05) is 36.9 Å². The molecule has 1 atom stereocenters. The number of nitrogens with two attached hydrogens (primary N) is 4. The van der Waals surface area contributed by atoms with Gasteiger partial charge in [-0.3, -0.25) is 4.79 Å². The molecule has 1 amide bonds. The van der Waals surface area contributed by atoms with Crippen LogP contribution in [0.25, 0.3) is 0 Å². The predicted molar refractivity (Wildman–Crippen MR) is 134 cm³/mol. The molecule has 21 heteroatoms. The van der Waals surface area contributed by atoms with E-state index in [1.54, 1.807) is 0 Å². The van der Waals surface area contributed by atoms with E-state index in [1.165, 1.54) is 30.1 Å². The van der Waals surface area contributed by atoms with Crippen LogP contribution in [0.4, 0.5) is 5.69 Å². The average Bonchev–Trinajstić information content (AvgIpc) is 3.20. The SMILES string of the molecule is CN(C(=O)CCN(S(N)(=O)=O)S(N)(=O)=O)[C@H](CN1CCCC1)c1cccc(N(S(N)(=O)=O)S(N)(=O)=O)c1. The summed E-state index contributed by atoms with van der Waals surface area (Å²) in [5, 5.41) is 19.9. The van der Waals surface area contributed by atoms with Gasteiger partial charge >= 0.3 is 20.4 Å². The molecule has 1 aliphatic rings. The van der Waals surface area contributed by atoms with Gasteiger partial charge in [0.15, 0.2) is 0 Å².